The van der Waals surface area contributed by atoms with Gasteiger partial charge in [-0.2, -0.15) is 0 Å². The lowest BCUT2D eigenvalue weighted by Crippen LogP contribution is -2.36. The van der Waals surface area contributed by atoms with Crippen LogP contribution in [0.2, 0.25) is 0 Å². The summed E-state index contributed by atoms with van der Waals surface area (Å²) in [5.74, 6) is 1.97. The lowest BCUT2D eigenvalue weighted by molar-refractivity contribution is 0.00547. The first-order chi connectivity index (χ1) is 11.5. The van der Waals surface area contributed by atoms with Crippen LogP contribution in [-0.4, -0.2) is 56.1 Å². The van der Waals surface area contributed by atoms with Crippen LogP contribution in [0.4, 0.5) is 0 Å². The number of aliphatic hydroxyl groups is 1. The summed E-state index contributed by atoms with van der Waals surface area (Å²) >= 11 is 0. The fourth-order valence-corrected chi connectivity index (χ4v) is 2.76. The van der Waals surface area contributed by atoms with Crippen molar-refractivity contribution in [3.05, 3.63) is 23.8 Å². The fourth-order valence-electron chi connectivity index (χ4n) is 2.76. The van der Waals surface area contributed by atoms with Crippen molar-refractivity contribution in [2.45, 2.75) is 45.4 Å². The van der Waals surface area contributed by atoms with E-state index >= 15 is 0 Å². The van der Waals surface area contributed by atoms with E-state index in [2.05, 4.69) is 24.8 Å². The molecule has 1 aliphatic rings. The van der Waals surface area contributed by atoms with Gasteiger partial charge in [-0.05, 0) is 36.5 Å². The Labute approximate surface area is 145 Å². The van der Waals surface area contributed by atoms with Crippen molar-refractivity contribution >= 4 is 0 Å². The molecule has 24 heavy (non-hydrogen) atoms. The molecule has 5 nitrogen and oxygen atoms in total. The first-order valence-electron chi connectivity index (χ1n) is 8.74. The van der Waals surface area contributed by atoms with Gasteiger partial charge in [-0.3, -0.25) is 4.90 Å². The molecular formula is C19H31NO4. The summed E-state index contributed by atoms with van der Waals surface area (Å²) in [6.07, 6.45) is 1.95. The van der Waals surface area contributed by atoms with Gasteiger partial charge in [0.2, 0.25) is 0 Å². The summed E-state index contributed by atoms with van der Waals surface area (Å²) in [5, 5.41) is 10.3. The van der Waals surface area contributed by atoms with Crippen LogP contribution in [-0.2, 0) is 11.3 Å². The molecule has 1 N–H and O–H groups in total. The van der Waals surface area contributed by atoms with Gasteiger partial charge < -0.3 is 19.3 Å². The smallest absolute Gasteiger partial charge is 0.161 e. The molecule has 136 valence electrons. The largest absolute Gasteiger partial charge is 0.493 e. The number of ether oxygens (including phenoxy) is 3. The number of benzene rings is 1. The minimum atomic E-state index is -0.454. The third-order valence-electron chi connectivity index (χ3n) is 4.10. The molecule has 0 aliphatic heterocycles. The summed E-state index contributed by atoms with van der Waals surface area (Å²) in [6, 6.07) is 6.56. The molecule has 1 fully saturated rings. The third-order valence-corrected chi connectivity index (χ3v) is 4.10. The summed E-state index contributed by atoms with van der Waals surface area (Å²) in [6.45, 7) is 6.74. The van der Waals surface area contributed by atoms with Gasteiger partial charge in [-0.25, -0.2) is 0 Å². The Morgan fingerprint density at radius 3 is 2.42 bits per heavy atom. The highest BCUT2D eigenvalue weighted by Gasteiger charge is 2.30. The first kappa shape index (κ1) is 19.0. The van der Waals surface area contributed by atoms with Crippen molar-refractivity contribution in [1.29, 1.82) is 0 Å². The molecule has 0 saturated heterocycles. The van der Waals surface area contributed by atoms with E-state index in [0.717, 1.165) is 23.6 Å². The summed E-state index contributed by atoms with van der Waals surface area (Å²) in [4.78, 5) is 2.34. The van der Waals surface area contributed by atoms with Gasteiger partial charge in [0.1, 0.15) is 0 Å². The zero-order chi connectivity index (χ0) is 17.5. The zero-order valence-electron chi connectivity index (χ0n) is 15.3. The maximum atomic E-state index is 10.3. The molecule has 0 radical (unpaired) electrons. The highest BCUT2D eigenvalue weighted by Crippen LogP contribution is 2.31. The van der Waals surface area contributed by atoms with Gasteiger partial charge in [0, 0.05) is 25.7 Å². The second-order valence-corrected chi connectivity index (χ2v) is 6.94. The van der Waals surface area contributed by atoms with E-state index in [0.29, 0.717) is 31.7 Å². The number of methoxy groups -OCH3 is 2. The van der Waals surface area contributed by atoms with Crippen LogP contribution in [0.3, 0.4) is 0 Å². The Hall–Kier alpha value is -1.30. The Bertz CT molecular complexity index is 502. The average molecular weight is 337 g/mol. The maximum Gasteiger partial charge on any atom is 0.161 e. The lowest BCUT2D eigenvalue weighted by Gasteiger charge is -2.25. The molecule has 1 atom stereocenters. The van der Waals surface area contributed by atoms with Crippen LogP contribution in [0.1, 0.15) is 32.3 Å². The molecule has 1 aliphatic carbocycles. The third kappa shape index (κ3) is 5.96. The van der Waals surface area contributed by atoms with Crippen molar-refractivity contribution < 1.29 is 19.3 Å². The minimum absolute atomic E-state index is 0.396. The monoisotopic (exact) mass is 337 g/mol. The predicted molar refractivity (Wildman–Crippen MR) is 94.6 cm³/mol. The molecule has 1 aromatic rings. The van der Waals surface area contributed by atoms with Crippen LogP contribution in [0.25, 0.3) is 0 Å². The molecule has 2 rings (SSSR count). The molecule has 0 amide bonds. The molecule has 0 aromatic heterocycles. The van der Waals surface area contributed by atoms with Crippen molar-refractivity contribution in [3.8, 4) is 11.5 Å². The van der Waals surface area contributed by atoms with Crippen LogP contribution in [0.5, 0.6) is 11.5 Å². The van der Waals surface area contributed by atoms with Crippen LogP contribution in [0, 0.1) is 5.92 Å². The first-order valence-corrected chi connectivity index (χ1v) is 8.74. The van der Waals surface area contributed by atoms with E-state index in [-0.39, 0.29) is 0 Å². The second-order valence-electron chi connectivity index (χ2n) is 6.94. The molecule has 5 heteroatoms. The Kier molecular flexibility index (Phi) is 7.34. The molecule has 1 aromatic carbocycles. The number of nitrogens with zero attached hydrogens (tertiary/aromatic N) is 1. The Morgan fingerprint density at radius 1 is 1.12 bits per heavy atom. The highest BCUT2D eigenvalue weighted by molar-refractivity contribution is 5.42. The van der Waals surface area contributed by atoms with Gasteiger partial charge in [0.05, 0.1) is 26.9 Å². The van der Waals surface area contributed by atoms with Crippen molar-refractivity contribution in [3.63, 3.8) is 0 Å². The molecule has 0 heterocycles. The van der Waals surface area contributed by atoms with Gasteiger partial charge >= 0.3 is 0 Å². The SMILES string of the molecule is COc1ccc(CN(CC(O)COCC(C)C)C2CC2)cc1OC. The minimum Gasteiger partial charge on any atom is -0.493 e. The Morgan fingerprint density at radius 2 is 1.83 bits per heavy atom. The molecule has 1 saturated carbocycles. The second kappa shape index (κ2) is 9.25. The molecule has 0 bridgehead atoms. The summed E-state index contributed by atoms with van der Waals surface area (Å²) in [5.41, 5.74) is 1.16. The molecule has 1 unspecified atom stereocenters. The molecule has 0 spiro atoms. The van der Waals surface area contributed by atoms with Crippen molar-refractivity contribution in [1.82, 2.24) is 4.90 Å². The van der Waals surface area contributed by atoms with Gasteiger partial charge in [0.25, 0.3) is 0 Å². The van der Waals surface area contributed by atoms with E-state index in [1.165, 1.54) is 12.8 Å². The van der Waals surface area contributed by atoms with E-state index in [4.69, 9.17) is 14.2 Å². The van der Waals surface area contributed by atoms with E-state index in [1.807, 2.05) is 12.1 Å². The fraction of sp³-hybridized carbons (Fsp3) is 0.684. The Balaban J connectivity index is 1.91. The number of rotatable bonds is 11. The van der Waals surface area contributed by atoms with E-state index in [9.17, 15) is 5.11 Å². The van der Waals surface area contributed by atoms with Crippen LogP contribution in [0.15, 0.2) is 18.2 Å². The quantitative estimate of drug-likeness (QED) is 0.673. The van der Waals surface area contributed by atoms with Crippen LogP contribution >= 0.6 is 0 Å². The predicted octanol–water partition coefficient (Wildman–Crippen LogP) is 2.70. The topological polar surface area (TPSA) is 51.2 Å². The number of hydrogen-bond acceptors (Lipinski definition) is 5. The zero-order valence-corrected chi connectivity index (χ0v) is 15.3. The normalized spacial score (nSPS) is 15.8. The van der Waals surface area contributed by atoms with Gasteiger partial charge in [0.15, 0.2) is 11.5 Å². The van der Waals surface area contributed by atoms with Crippen LogP contribution < -0.4 is 9.47 Å². The lowest BCUT2D eigenvalue weighted by atomic mass is 10.1. The van der Waals surface area contributed by atoms with E-state index < -0.39 is 6.10 Å². The highest BCUT2D eigenvalue weighted by atomic mass is 16.5. The number of aliphatic hydroxyl groups excluding tert-OH is 1. The maximum absolute atomic E-state index is 10.3. The summed E-state index contributed by atoms with van der Waals surface area (Å²) < 4.78 is 16.2. The van der Waals surface area contributed by atoms with Crippen molar-refractivity contribution in [2.24, 2.45) is 5.92 Å². The van der Waals surface area contributed by atoms with E-state index in [1.54, 1.807) is 14.2 Å². The summed E-state index contributed by atoms with van der Waals surface area (Å²) in [7, 11) is 3.29. The molecular weight excluding hydrogens is 306 g/mol. The average Bonchev–Trinajstić information content (AvgIpc) is 3.38. The van der Waals surface area contributed by atoms with Crippen molar-refractivity contribution in [2.75, 3.05) is 34.0 Å². The van der Waals surface area contributed by atoms with Gasteiger partial charge in [-0.15, -0.1) is 0 Å². The van der Waals surface area contributed by atoms with Gasteiger partial charge in [-0.1, -0.05) is 19.9 Å². The standard InChI is InChI=1S/C19H31NO4/c1-14(2)12-24-13-17(21)11-20(16-6-7-16)10-15-5-8-18(22-3)19(9-15)23-4/h5,8-9,14,16-17,21H,6-7,10-13H2,1-4H3. The number of hydrogen-bond donors (Lipinski definition) is 1.